The fourth-order valence-electron chi connectivity index (χ4n) is 3.86. The maximum absolute atomic E-state index is 12.0. The Kier molecular flexibility index (Phi) is 17.8. The average Bonchev–Trinajstić information content (AvgIpc) is 2.64. The summed E-state index contributed by atoms with van der Waals surface area (Å²) in [5, 5.41) is 18.9. The molecule has 0 aromatic heterocycles. The number of rotatable bonds is 21. The largest absolute Gasteiger partial charge is 0.481 e. The average molecular weight is 445 g/mol. The summed E-state index contributed by atoms with van der Waals surface area (Å²) in [6.45, 7) is 2.68. The molecule has 0 heterocycles. The third-order valence-electron chi connectivity index (χ3n) is 5.51. The highest BCUT2D eigenvalue weighted by Gasteiger charge is 2.24. The Labute approximate surface area is 190 Å². The Morgan fingerprint density at radius 2 is 1.29 bits per heavy atom. The van der Waals surface area contributed by atoms with Crippen molar-refractivity contribution in [1.29, 1.82) is 0 Å². The van der Waals surface area contributed by atoms with Crippen molar-refractivity contribution in [1.82, 2.24) is 0 Å². The Balaban J connectivity index is 3.62. The van der Waals surface area contributed by atoms with Gasteiger partial charge < -0.3 is 19.4 Å². The van der Waals surface area contributed by atoms with Gasteiger partial charge in [0.25, 0.3) is 0 Å². The van der Waals surface area contributed by atoms with E-state index < -0.39 is 12.1 Å². The molecule has 2 unspecified atom stereocenters. The fraction of sp³-hybridized carbons (Fsp3) is 0.920. The summed E-state index contributed by atoms with van der Waals surface area (Å²) in [6, 6.07) is 0. The molecule has 0 aliphatic heterocycles. The van der Waals surface area contributed by atoms with Crippen LogP contribution in [0.1, 0.15) is 110 Å². The van der Waals surface area contributed by atoms with E-state index in [0.717, 1.165) is 44.9 Å². The number of nitrogens with zero attached hydrogens (tertiary/aromatic N) is 1. The summed E-state index contributed by atoms with van der Waals surface area (Å²) >= 11 is 0. The van der Waals surface area contributed by atoms with Gasteiger partial charge in [-0.1, -0.05) is 77.6 Å². The lowest BCUT2D eigenvalue weighted by molar-refractivity contribution is -0.873. The number of aliphatic hydroxyl groups excluding tert-OH is 1. The van der Waals surface area contributed by atoms with Gasteiger partial charge in [0.2, 0.25) is 0 Å². The van der Waals surface area contributed by atoms with Crippen LogP contribution >= 0.6 is 0 Å². The lowest BCUT2D eigenvalue weighted by Crippen LogP contribution is -2.43. The van der Waals surface area contributed by atoms with Crippen LogP contribution in [0.15, 0.2) is 0 Å². The summed E-state index contributed by atoms with van der Waals surface area (Å²) < 4.78 is 5.97. The van der Waals surface area contributed by atoms with Crippen LogP contribution in [0.25, 0.3) is 0 Å². The quantitative estimate of drug-likeness (QED) is 0.142. The molecular formula is C25H50NO5+. The molecule has 2 atom stereocenters. The lowest BCUT2D eigenvalue weighted by atomic mass is 10.0. The minimum absolute atomic E-state index is 0.106. The van der Waals surface area contributed by atoms with Gasteiger partial charge in [-0.15, -0.1) is 0 Å². The number of hydrogen-bond acceptors (Lipinski definition) is 4. The van der Waals surface area contributed by atoms with Crippen molar-refractivity contribution in [2.24, 2.45) is 0 Å². The van der Waals surface area contributed by atoms with Gasteiger partial charge >= 0.3 is 11.9 Å². The van der Waals surface area contributed by atoms with E-state index in [0.29, 0.717) is 17.4 Å². The van der Waals surface area contributed by atoms with Crippen LogP contribution in [0, 0.1) is 0 Å². The first-order chi connectivity index (χ1) is 14.6. The molecule has 0 saturated carbocycles. The number of hydrogen-bond donors (Lipinski definition) is 2. The van der Waals surface area contributed by atoms with Gasteiger partial charge in [0.15, 0.2) is 6.10 Å². The summed E-state index contributed by atoms with van der Waals surface area (Å²) in [5.74, 6) is -1.22. The van der Waals surface area contributed by atoms with E-state index in [-0.39, 0.29) is 18.5 Å². The zero-order valence-electron chi connectivity index (χ0n) is 20.7. The molecule has 0 aromatic rings. The monoisotopic (exact) mass is 444 g/mol. The second kappa shape index (κ2) is 18.4. The van der Waals surface area contributed by atoms with Crippen molar-refractivity contribution in [2.75, 3.05) is 27.7 Å². The first-order valence-electron chi connectivity index (χ1n) is 12.5. The van der Waals surface area contributed by atoms with Crippen LogP contribution in [0.3, 0.4) is 0 Å². The van der Waals surface area contributed by atoms with Gasteiger partial charge in [-0.05, 0) is 19.3 Å². The molecule has 31 heavy (non-hydrogen) atoms. The Hall–Kier alpha value is -1.14. The SMILES string of the molecule is CCCCCC(O)CCCCCCCCCCCC(=O)OC(CC(=O)O)C[N+](C)(C)C. The normalized spacial score (nSPS) is 13.7. The van der Waals surface area contributed by atoms with Crippen LogP contribution in [0.4, 0.5) is 0 Å². The van der Waals surface area contributed by atoms with Crippen LogP contribution in [0.5, 0.6) is 0 Å². The predicted octanol–water partition coefficient (Wildman–Crippen LogP) is 5.31. The number of esters is 1. The van der Waals surface area contributed by atoms with Crippen molar-refractivity contribution < 1.29 is 29.0 Å². The number of carboxylic acid groups (broad SMARTS) is 1. The summed E-state index contributed by atoms with van der Waals surface area (Å²) in [4.78, 5) is 23.0. The number of carbonyl (C=O) groups excluding carboxylic acids is 1. The Morgan fingerprint density at radius 3 is 1.77 bits per heavy atom. The number of likely N-dealkylation sites (N-methyl/N-ethyl adjacent to an activating group) is 1. The maximum atomic E-state index is 12.0. The number of aliphatic hydroxyl groups is 1. The molecular weight excluding hydrogens is 394 g/mol. The van der Waals surface area contributed by atoms with Gasteiger partial charge in [-0.2, -0.15) is 0 Å². The number of aliphatic carboxylic acids is 1. The minimum atomic E-state index is -0.936. The summed E-state index contributed by atoms with van der Waals surface area (Å²) in [6.07, 6.45) is 15.2. The number of carbonyl (C=O) groups is 2. The third-order valence-corrected chi connectivity index (χ3v) is 5.51. The van der Waals surface area contributed by atoms with Gasteiger partial charge in [0.1, 0.15) is 6.54 Å². The molecule has 0 spiro atoms. The summed E-state index contributed by atoms with van der Waals surface area (Å²) in [7, 11) is 5.88. The van der Waals surface area contributed by atoms with Gasteiger partial charge in [-0.25, -0.2) is 0 Å². The zero-order chi connectivity index (χ0) is 23.5. The van der Waals surface area contributed by atoms with Crippen molar-refractivity contribution in [2.45, 2.75) is 122 Å². The standard InChI is InChI=1S/C25H49NO5/c1-5-6-14-17-22(27)18-15-12-10-8-7-9-11-13-16-19-25(30)31-23(20-24(28)29)21-26(2,3)4/h22-23,27H,5-21H2,1-4H3/p+1. The molecule has 184 valence electrons. The maximum Gasteiger partial charge on any atom is 0.307 e. The highest BCUT2D eigenvalue weighted by atomic mass is 16.5. The van der Waals surface area contributed by atoms with Crippen molar-refractivity contribution in [3.63, 3.8) is 0 Å². The van der Waals surface area contributed by atoms with E-state index >= 15 is 0 Å². The second-order valence-corrected chi connectivity index (χ2v) is 10.1. The van der Waals surface area contributed by atoms with E-state index in [2.05, 4.69) is 6.92 Å². The van der Waals surface area contributed by atoms with Gasteiger partial charge in [0, 0.05) is 6.42 Å². The van der Waals surface area contributed by atoms with Crippen molar-refractivity contribution in [3.05, 3.63) is 0 Å². The number of unbranched alkanes of at least 4 members (excludes halogenated alkanes) is 10. The number of ether oxygens (including phenoxy) is 1. The zero-order valence-corrected chi connectivity index (χ0v) is 20.7. The van der Waals surface area contributed by atoms with Crippen LogP contribution in [0.2, 0.25) is 0 Å². The molecule has 0 saturated heterocycles. The Bertz CT molecular complexity index is 461. The molecule has 0 aliphatic carbocycles. The van der Waals surface area contributed by atoms with Crippen molar-refractivity contribution >= 4 is 11.9 Å². The molecule has 2 N–H and O–H groups in total. The lowest BCUT2D eigenvalue weighted by Gasteiger charge is -2.28. The fourth-order valence-corrected chi connectivity index (χ4v) is 3.86. The number of quaternary nitrogens is 1. The van der Waals surface area contributed by atoms with E-state index in [9.17, 15) is 14.7 Å². The molecule has 0 fully saturated rings. The minimum Gasteiger partial charge on any atom is -0.481 e. The van der Waals surface area contributed by atoms with E-state index in [1.54, 1.807) is 0 Å². The highest BCUT2D eigenvalue weighted by Crippen LogP contribution is 2.15. The molecule has 0 aliphatic rings. The van der Waals surface area contributed by atoms with E-state index in [1.165, 1.54) is 44.9 Å². The molecule has 0 bridgehead atoms. The van der Waals surface area contributed by atoms with Gasteiger partial charge in [0.05, 0.1) is 33.7 Å². The first-order valence-corrected chi connectivity index (χ1v) is 12.5. The molecule has 0 radical (unpaired) electrons. The predicted molar refractivity (Wildman–Crippen MR) is 126 cm³/mol. The van der Waals surface area contributed by atoms with Crippen LogP contribution in [-0.2, 0) is 14.3 Å². The van der Waals surface area contributed by atoms with Gasteiger partial charge in [-0.3, -0.25) is 9.59 Å². The highest BCUT2D eigenvalue weighted by molar-refractivity contribution is 5.71. The molecule has 0 aromatic carbocycles. The molecule has 6 nitrogen and oxygen atoms in total. The molecule has 6 heteroatoms. The number of carboxylic acids is 1. The van der Waals surface area contributed by atoms with Crippen LogP contribution in [-0.4, -0.2) is 66.5 Å². The molecule has 0 rings (SSSR count). The van der Waals surface area contributed by atoms with E-state index in [4.69, 9.17) is 9.84 Å². The van der Waals surface area contributed by atoms with Crippen LogP contribution < -0.4 is 0 Å². The summed E-state index contributed by atoms with van der Waals surface area (Å²) in [5.41, 5.74) is 0. The van der Waals surface area contributed by atoms with E-state index in [1.807, 2.05) is 21.1 Å². The molecule has 0 amide bonds. The smallest absolute Gasteiger partial charge is 0.307 e. The third kappa shape index (κ3) is 21.9. The topological polar surface area (TPSA) is 83.8 Å². The Morgan fingerprint density at radius 1 is 0.806 bits per heavy atom. The van der Waals surface area contributed by atoms with Crippen molar-refractivity contribution in [3.8, 4) is 0 Å². The second-order valence-electron chi connectivity index (χ2n) is 10.1. The first kappa shape index (κ1) is 29.9.